The third-order valence-electron chi connectivity index (χ3n) is 4.97. The maximum Gasteiger partial charge on any atom is 0.257 e. The minimum absolute atomic E-state index is 0.141. The lowest BCUT2D eigenvalue weighted by molar-refractivity contribution is -0.129. The fourth-order valence-corrected chi connectivity index (χ4v) is 3.74. The first-order chi connectivity index (χ1) is 11.7. The molecule has 2 aliphatic rings. The Morgan fingerprint density at radius 3 is 2.75 bits per heavy atom. The van der Waals surface area contributed by atoms with Crippen LogP contribution >= 0.6 is 0 Å². The molecular formula is C18H25N3O3. The van der Waals surface area contributed by atoms with Crippen molar-refractivity contribution in [3.63, 3.8) is 0 Å². The number of carbonyl (C=O) groups is 2. The van der Waals surface area contributed by atoms with Crippen LogP contribution < -0.4 is 10.1 Å². The van der Waals surface area contributed by atoms with Crippen LogP contribution in [-0.2, 0) is 4.79 Å². The second-order valence-electron chi connectivity index (χ2n) is 6.63. The van der Waals surface area contributed by atoms with Gasteiger partial charge in [0.05, 0.1) is 13.2 Å². The van der Waals surface area contributed by atoms with Crippen LogP contribution in [-0.4, -0.2) is 47.4 Å². The summed E-state index contributed by atoms with van der Waals surface area (Å²) in [5, 5.41) is 2.96. The molecule has 1 saturated heterocycles. The van der Waals surface area contributed by atoms with E-state index in [1.807, 2.05) is 4.90 Å². The Labute approximate surface area is 142 Å². The number of aromatic nitrogens is 1. The third-order valence-corrected chi connectivity index (χ3v) is 4.97. The van der Waals surface area contributed by atoms with Gasteiger partial charge in [-0.3, -0.25) is 9.59 Å². The lowest BCUT2D eigenvalue weighted by atomic mass is 10.1. The van der Waals surface area contributed by atoms with E-state index in [4.69, 9.17) is 4.74 Å². The van der Waals surface area contributed by atoms with Gasteiger partial charge < -0.3 is 15.0 Å². The summed E-state index contributed by atoms with van der Waals surface area (Å²) in [5.41, 5.74) is 0.403. The normalized spacial score (nSPS) is 22.3. The van der Waals surface area contributed by atoms with Gasteiger partial charge in [0.25, 0.3) is 5.91 Å². The zero-order valence-electron chi connectivity index (χ0n) is 14.2. The monoisotopic (exact) mass is 331 g/mol. The predicted octanol–water partition coefficient (Wildman–Crippen LogP) is 2.14. The number of methoxy groups -OCH3 is 1. The molecular weight excluding hydrogens is 306 g/mol. The maximum atomic E-state index is 12.5. The molecule has 2 amide bonds. The van der Waals surface area contributed by atoms with Gasteiger partial charge in [0.2, 0.25) is 11.8 Å². The summed E-state index contributed by atoms with van der Waals surface area (Å²) in [6, 6.07) is 3.59. The predicted molar refractivity (Wildman–Crippen MR) is 89.9 cm³/mol. The lowest BCUT2D eigenvalue weighted by Gasteiger charge is -2.27. The fourth-order valence-electron chi connectivity index (χ4n) is 3.74. The van der Waals surface area contributed by atoms with Crippen molar-refractivity contribution >= 4 is 11.8 Å². The molecule has 1 aromatic rings. The molecule has 3 rings (SSSR count). The van der Waals surface area contributed by atoms with E-state index >= 15 is 0 Å². The summed E-state index contributed by atoms with van der Waals surface area (Å²) in [6.07, 6.45) is 9.05. The molecule has 1 aliphatic heterocycles. The van der Waals surface area contributed by atoms with Gasteiger partial charge in [0.15, 0.2) is 0 Å². The summed E-state index contributed by atoms with van der Waals surface area (Å²) in [4.78, 5) is 30.9. The van der Waals surface area contributed by atoms with Crippen molar-refractivity contribution in [2.24, 2.45) is 0 Å². The maximum absolute atomic E-state index is 12.5. The number of likely N-dealkylation sites (tertiary alicyclic amines) is 1. The molecule has 1 atom stereocenters. The van der Waals surface area contributed by atoms with Crippen LogP contribution in [0.2, 0.25) is 0 Å². The van der Waals surface area contributed by atoms with Crippen molar-refractivity contribution in [1.82, 2.24) is 15.2 Å². The van der Waals surface area contributed by atoms with Crippen LogP contribution in [0.1, 0.15) is 55.3 Å². The molecule has 1 N–H and O–H groups in total. The van der Waals surface area contributed by atoms with Gasteiger partial charge >= 0.3 is 0 Å². The first-order valence-corrected chi connectivity index (χ1v) is 8.78. The average Bonchev–Trinajstić information content (AvgIpc) is 2.79. The summed E-state index contributed by atoms with van der Waals surface area (Å²) in [6.45, 7) is 0.609. The SMILES string of the molecule is COc1ncccc1C(=O)N[C@H]1CC(=O)N(C2CCCCCC2)C1. The average molecular weight is 331 g/mol. The Hall–Kier alpha value is -2.11. The molecule has 0 bridgehead atoms. The topological polar surface area (TPSA) is 71.5 Å². The highest BCUT2D eigenvalue weighted by atomic mass is 16.5. The van der Waals surface area contributed by atoms with Crippen LogP contribution in [0.15, 0.2) is 18.3 Å². The smallest absolute Gasteiger partial charge is 0.257 e. The molecule has 6 heteroatoms. The van der Waals surface area contributed by atoms with E-state index in [0.717, 1.165) is 12.8 Å². The zero-order chi connectivity index (χ0) is 16.9. The van der Waals surface area contributed by atoms with E-state index < -0.39 is 0 Å². The number of hydrogen-bond acceptors (Lipinski definition) is 4. The van der Waals surface area contributed by atoms with Gasteiger partial charge in [-0.2, -0.15) is 0 Å². The van der Waals surface area contributed by atoms with E-state index in [-0.39, 0.29) is 17.9 Å². The largest absolute Gasteiger partial charge is 0.480 e. The molecule has 2 heterocycles. The van der Waals surface area contributed by atoms with E-state index in [2.05, 4.69) is 10.3 Å². The molecule has 0 spiro atoms. The van der Waals surface area contributed by atoms with Crippen molar-refractivity contribution in [2.45, 2.75) is 57.0 Å². The van der Waals surface area contributed by atoms with Crippen molar-refractivity contribution < 1.29 is 14.3 Å². The number of hydrogen-bond donors (Lipinski definition) is 1. The number of amides is 2. The second-order valence-corrected chi connectivity index (χ2v) is 6.63. The Morgan fingerprint density at radius 2 is 2.04 bits per heavy atom. The number of ether oxygens (including phenoxy) is 1. The minimum Gasteiger partial charge on any atom is -0.480 e. The molecule has 6 nitrogen and oxygen atoms in total. The van der Waals surface area contributed by atoms with Gasteiger partial charge in [-0.05, 0) is 25.0 Å². The zero-order valence-corrected chi connectivity index (χ0v) is 14.2. The van der Waals surface area contributed by atoms with Crippen molar-refractivity contribution in [2.75, 3.05) is 13.7 Å². The lowest BCUT2D eigenvalue weighted by Crippen LogP contribution is -2.40. The van der Waals surface area contributed by atoms with Crippen LogP contribution in [0.4, 0.5) is 0 Å². The Morgan fingerprint density at radius 1 is 1.29 bits per heavy atom. The van der Waals surface area contributed by atoms with Crippen LogP contribution in [0, 0.1) is 0 Å². The van der Waals surface area contributed by atoms with Crippen molar-refractivity contribution in [1.29, 1.82) is 0 Å². The van der Waals surface area contributed by atoms with Gasteiger partial charge in [-0.1, -0.05) is 25.7 Å². The molecule has 24 heavy (non-hydrogen) atoms. The van der Waals surface area contributed by atoms with E-state index in [0.29, 0.717) is 30.5 Å². The molecule has 1 aromatic heterocycles. The first kappa shape index (κ1) is 16.7. The van der Waals surface area contributed by atoms with E-state index in [9.17, 15) is 9.59 Å². The van der Waals surface area contributed by atoms with Crippen molar-refractivity contribution in [3.05, 3.63) is 23.9 Å². The summed E-state index contributed by atoms with van der Waals surface area (Å²) < 4.78 is 5.13. The molecule has 0 radical (unpaired) electrons. The Kier molecular flexibility index (Phi) is 5.33. The molecule has 130 valence electrons. The molecule has 2 fully saturated rings. The second kappa shape index (κ2) is 7.64. The fraction of sp³-hybridized carbons (Fsp3) is 0.611. The van der Waals surface area contributed by atoms with Gasteiger partial charge in [-0.25, -0.2) is 4.98 Å². The van der Waals surface area contributed by atoms with Crippen molar-refractivity contribution in [3.8, 4) is 5.88 Å². The molecule has 0 aromatic carbocycles. The molecule has 0 unspecified atom stereocenters. The van der Waals surface area contributed by atoms with E-state index in [1.165, 1.54) is 32.8 Å². The highest BCUT2D eigenvalue weighted by Gasteiger charge is 2.35. The van der Waals surface area contributed by atoms with Crippen LogP contribution in [0.25, 0.3) is 0 Å². The highest BCUT2D eigenvalue weighted by molar-refractivity contribution is 5.97. The quantitative estimate of drug-likeness (QED) is 0.858. The highest BCUT2D eigenvalue weighted by Crippen LogP contribution is 2.26. The number of carbonyl (C=O) groups excluding carboxylic acids is 2. The van der Waals surface area contributed by atoms with Gasteiger partial charge in [0, 0.05) is 25.2 Å². The van der Waals surface area contributed by atoms with Crippen LogP contribution in [0.3, 0.4) is 0 Å². The Balaban J connectivity index is 1.62. The summed E-state index contributed by atoms with van der Waals surface area (Å²) in [5.74, 6) is 0.228. The van der Waals surface area contributed by atoms with Gasteiger partial charge in [0.1, 0.15) is 5.56 Å². The molecule has 1 aliphatic carbocycles. The first-order valence-electron chi connectivity index (χ1n) is 8.78. The minimum atomic E-state index is -0.236. The van der Waals surface area contributed by atoms with Crippen LogP contribution in [0.5, 0.6) is 5.88 Å². The standard InChI is InChI=1S/C18H25N3O3/c1-24-18-15(9-6-10-19-18)17(23)20-13-11-16(22)21(12-13)14-7-4-2-3-5-8-14/h6,9-10,13-14H,2-5,7-8,11-12H2,1H3,(H,20,23)/t13-/m0/s1. The number of nitrogens with one attached hydrogen (secondary N) is 1. The third kappa shape index (κ3) is 3.68. The summed E-state index contributed by atoms with van der Waals surface area (Å²) >= 11 is 0. The summed E-state index contributed by atoms with van der Waals surface area (Å²) in [7, 11) is 1.49. The molecule has 1 saturated carbocycles. The number of nitrogens with zero attached hydrogens (tertiary/aromatic N) is 2. The Bertz CT molecular complexity index is 597. The van der Waals surface area contributed by atoms with E-state index in [1.54, 1.807) is 18.3 Å². The van der Waals surface area contributed by atoms with Gasteiger partial charge in [-0.15, -0.1) is 0 Å². The number of pyridine rings is 1. The number of rotatable bonds is 4.